The normalized spacial score (nSPS) is 26.3. The molecule has 3 rings (SSSR count). The highest BCUT2D eigenvalue weighted by Crippen LogP contribution is 2.48. The van der Waals surface area contributed by atoms with Gasteiger partial charge in [0.25, 0.3) is 0 Å². The maximum atomic E-state index is 11.7. The number of fused-ring (bicyclic) bond motifs is 2. The first kappa shape index (κ1) is 21.6. The summed E-state index contributed by atoms with van der Waals surface area (Å²) in [4.78, 5) is 22.5. The zero-order valence-corrected chi connectivity index (χ0v) is 17.3. The van der Waals surface area contributed by atoms with Crippen LogP contribution in [-0.4, -0.2) is 41.0 Å². The fraction of sp³-hybridized carbons (Fsp3) is 0.652. The first-order chi connectivity index (χ1) is 13.9. The van der Waals surface area contributed by atoms with Crippen molar-refractivity contribution in [3.8, 4) is 5.75 Å². The Bertz CT molecular complexity index is 730. The number of carboxylic acid groups (broad SMARTS) is 1. The number of hydrogen-bond acceptors (Lipinski definition) is 5. The summed E-state index contributed by atoms with van der Waals surface area (Å²) >= 11 is 0. The molecule has 0 unspecified atom stereocenters. The number of aliphatic hydroxyl groups is 1. The van der Waals surface area contributed by atoms with E-state index in [1.54, 1.807) is 0 Å². The Morgan fingerprint density at radius 3 is 2.79 bits per heavy atom. The van der Waals surface area contributed by atoms with Crippen molar-refractivity contribution < 1.29 is 29.3 Å². The number of hydrogen-bond donors (Lipinski definition) is 2. The van der Waals surface area contributed by atoms with E-state index >= 15 is 0 Å². The average Bonchev–Trinajstić information content (AvgIpc) is 2.97. The fourth-order valence-electron chi connectivity index (χ4n) is 5.05. The molecule has 5 atom stereocenters. The van der Waals surface area contributed by atoms with Crippen molar-refractivity contribution in [2.75, 3.05) is 6.61 Å². The molecule has 0 aromatic heterocycles. The van der Waals surface area contributed by atoms with Crippen molar-refractivity contribution >= 4 is 11.9 Å². The number of benzene rings is 1. The molecule has 0 heterocycles. The third-order valence-electron chi connectivity index (χ3n) is 6.39. The molecule has 0 bridgehead atoms. The van der Waals surface area contributed by atoms with Crippen LogP contribution in [0.2, 0.25) is 0 Å². The third-order valence-corrected chi connectivity index (χ3v) is 6.39. The molecule has 160 valence electrons. The van der Waals surface area contributed by atoms with Gasteiger partial charge in [-0.2, -0.15) is 0 Å². The van der Waals surface area contributed by atoms with Crippen LogP contribution in [-0.2, 0) is 27.2 Å². The molecule has 0 radical (unpaired) electrons. The summed E-state index contributed by atoms with van der Waals surface area (Å²) in [6, 6.07) is 5.82. The van der Waals surface area contributed by atoms with E-state index in [9.17, 15) is 14.7 Å². The summed E-state index contributed by atoms with van der Waals surface area (Å²) in [5, 5.41) is 19.6. The van der Waals surface area contributed by atoms with Crippen LogP contribution in [0, 0.1) is 17.8 Å². The van der Waals surface area contributed by atoms with Crippen molar-refractivity contribution in [3.63, 3.8) is 0 Å². The number of esters is 1. The van der Waals surface area contributed by atoms with E-state index in [1.165, 1.54) is 5.56 Å². The SMILES string of the molecule is CCCC(=O)O[C@@H](C)CC[C@@H]1[C@H]2Cc3cccc(OCC(=O)O)c3C[C@H]2C[C@H]1O. The predicted molar refractivity (Wildman–Crippen MR) is 108 cm³/mol. The van der Waals surface area contributed by atoms with Gasteiger partial charge in [0.05, 0.1) is 12.2 Å². The minimum absolute atomic E-state index is 0.132. The monoisotopic (exact) mass is 404 g/mol. The molecule has 6 nitrogen and oxygen atoms in total. The summed E-state index contributed by atoms with van der Waals surface area (Å²) < 4.78 is 10.9. The summed E-state index contributed by atoms with van der Waals surface area (Å²) in [6.45, 7) is 3.54. The van der Waals surface area contributed by atoms with Crippen molar-refractivity contribution in [3.05, 3.63) is 29.3 Å². The Kier molecular flexibility index (Phi) is 7.17. The lowest BCUT2D eigenvalue weighted by molar-refractivity contribution is -0.148. The number of carbonyl (C=O) groups excluding carboxylic acids is 1. The molecule has 6 heteroatoms. The molecule has 1 aromatic rings. The Morgan fingerprint density at radius 2 is 2.07 bits per heavy atom. The van der Waals surface area contributed by atoms with Crippen LogP contribution < -0.4 is 4.74 Å². The molecule has 2 N–H and O–H groups in total. The molecule has 1 aromatic carbocycles. The van der Waals surface area contributed by atoms with Crippen LogP contribution in [0.25, 0.3) is 0 Å². The van der Waals surface area contributed by atoms with E-state index in [4.69, 9.17) is 14.6 Å². The first-order valence-electron chi connectivity index (χ1n) is 10.7. The maximum absolute atomic E-state index is 11.7. The topological polar surface area (TPSA) is 93.1 Å². The van der Waals surface area contributed by atoms with Gasteiger partial charge >= 0.3 is 11.9 Å². The number of carboxylic acids is 1. The second-order valence-corrected chi connectivity index (χ2v) is 8.50. The largest absolute Gasteiger partial charge is 0.482 e. The summed E-state index contributed by atoms with van der Waals surface area (Å²) in [7, 11) is 0. The van der Waals surface area contributed by atoms with E-state index in [1.807, 2.05) is 26.0 Å². The molecule has 2 aliphatic rings. The number of aliphatic hydroxyl groups excluding tert-OH is 1. The van der Waals surface area contributed by atoms with E-state index in [2.05, 4.69) is 6.07 Å². The smallest absolute Gasteiger partial charge is 0.341 e. The van der Waals surface area contributed by atoms with E-state index in [0.717, 1.165) is 44.1 Å². The Balaban J connectivity index is 1.63. The van der Waals surface area contributed by atoms with Gasteiger partial charge in [0.15, 0.2) is 6.61 Å². The molecular weight excluding hydrogens is 372 g/mol. The van der Waals surface area contributed by atoms with Crippen LogP contribution in [0.3, 0.4) is 0 Å². The standard InChI is InChI=1S/C23H32O6/c1-3-5-23(27)29-14(2)8-9-17-18-10-15-6-4-7-21(28-13-22(25)26)19(15)11-16(18)12-20(17)24/h4,6-7,14,16-18,20,24H,3,5,8-13H2,1-2H3,(H,25,26)/t14-,16-,17+,18-,20+/m0/s1. The maximum Gasteiger partial charge on any atom is 0.341 e. The van der Waals surface area contributed by atoms with Crippen molar-refractivity contribution in [2.45, 2.75) is 71.0 Å². The number of ether oxygens (including phenoxy) is 2. The number of carbonyl (C=O) groups is 2. The summed E-state index contributed by atoms with van der Waals surface area (Å²) in [6.07, 6.45) is 4.79. The molecule has 1 saturated carbocycles. The molecule has 0 spiro atoms. The summed E-state index contributed by atoms with van der Waals surface area (Å²) in [5.74, 6) is 0.481. The molecule has 0 amide bonds. The van der Waals surface area contributed by atoms with Crippen LogP contribution in [0.1, 0.15) is 57.1 Å². The lowest BCUT2D eigenvalue weighted by Gasteiger charge is -2.32. The molecule has 29 heavy (non-hydrogen) atoms. The van der Waals surface area contributed by atoms with E-state index in [0.29, 0.717) is 24.0 Å². The van der Waals surface area contributed by atoms with Gasteiger partial charge in [-0.05, 0) is 80.4 Å². The Hall–Kier alpha value is -2.08. The zero-order chi connectivity index (χ0) is 21.0. The van der Waals surface area contributed by atoms with Gasteiger partial charge in [0, 0.05) is 6.42 Å². The van der Waals surface area contributed by atoms with Gasteiger partial charge in [-0.1, -0.05) is 19.1 Å². The first-order valence-corrected chi connectivity index (χ1v) is 10.7. The fourth-order valence-corrected chi connectivity index (χ4v) is 5.05. The Morgan fingerprint density at radius 1 is 1.28 bits per heavy atom. The molecule has 1 fully saturated rings. The minimum atomic E-state index is -0.985. The zero-order valence-electron chi connectivity index (χ0n) is 17.3. The van der Waals surface area contributed by atoms with Gasteiger partial charge in [-0.15, -0.1) is 0 Å². The Labute approximate surface area is 172 Å². The van der Waals surface area contributed by atoms with Gasteiger partial charge in [0.2, 0.25) is 0 Å². The molecule has 2 aliphatic carbocycles. The molecule has 0 saturated heterocycles. The van der Waals surface area contributed by atoms with Crippen molar-refractivity contribution in [1.82, 2.24) is 0 Å². The van der Waals surface area contributed by atoms with Crippen LogP contribution in [0.15, 0.2) is 18.2 Å². The molecule has 0 aliphatic heterocycles. The quantitative estimate of drug-likeness (QED) is 0.613. The highest BCUT2D eigenvalue weighted by atomic mass is 16.5. The lowest BCUT2D eigenvalue weighted by atomic mass is 9.73. The second-order valence-electron chi connectivity index (χ2n) is 8.50. The highest BCUT2D eigenvalue weighted by molar-refractivity contribution is 5.69. The van der Waals surface area contributed by atoms with Gasteiger partial charge < -0.3 is 19.7 Å². The highest BCUT2D eigenvalue weighted by Gasteiger charge is 2.44. The van der Waals surface area contributed by atoms with Crippen LogP contribution >= 0.6 is 0 Å². The van der Waals surface area contributed by atoms with Crippen molar-refractivity contribution in [1.29, 1.82) is 0 Å². The predicted octanol–water partition coefficient (Wildman–Crippen LogP) is 3.37. The van der Waals surface area contributed by atoms with Crippen LogP contribution in [0.4, 0.5) is 0 Å². The van der Waals surface area contributed by atoms with Gasteiger partial charge in [-0.3, -0.25) is 4.79 Å². The number of aliphatic carboxylic acids is 1. The lowest BCUT2D eigenvalue weighted by Crippen LogP contribution is -2.28. The third kappa shape index (κ3) is 5.30. The van der Waals surface area contributed by atoms with Crippen LogP contribution in [0.5, 0.6) is 5.75 Å². The summed E-state index contributed by atoms with van der Waals surface area (Å²) in [5.41, 5.74) is 2.28. The minimum Gasteiger partial charge on any atom is -0.482 e. The second kappa shape index (κ2) is 9.61. The van der Waals surface area contributed by atoms with Gasteiger partial charge in [-0.25, -0.2) is 4.79 Å². The molecular formula is C23H32O6. The van der Waals surface area contributed by atoms with Crippen molar-refractivity contribution in [2.24, 2.45) is 17.8 Å². The van der Waals surface area contributed by atoms with Gasteiger partial charge in [0.1, 0.15) is 5.75 Å². The van der Waals surface area contributed by atoms with E-state index in [-0.39, 0.29) is 30.7 Å². The van der Waals surface area contributed by atoms with E-state index < -0.39 is 5.97 Å². The number of rotatable bonds is 9. The average molecular weight is 405 g/mol.